The molecule has 130 valence electrons. The van der Waals surface area contributed by atoms with Crippen LogP contribution in [0.5, 0.6) is 0 Å². The summed E-state index contributed by atoms with van der Waals surface area (Å²) < 4.78 is 5.30. The first-order valence-electron chi connectivity index (χ1n) is 7.77. The molecule has 0 saturated carbocycles. The number of anilines is 1. The Morgan fingerprint density at radius 2 is 2.12 bits per heavy atom. The Labute approximate surface area is 144 Å². The number of nitrogens with one attached hydrogen (secondary N) is 1. The summed E-state index contributed by atoms with van der Waals surface area (Å²) >= 11 is 1.28. The summed E-state index contributed by atoms with van der Waals surface area (Å²) in [5, 5.41) is 12.6. The van der Waals surface area contributed by atoms with Gasteiger partial charge < -0.3 is 15.2 Å². The lowest BCUT2D eigenvalue weighted by Gasteiger charge is -2.07. The highest BCUT2D eigenvalue weighted by Crippen LogP contribution is 2.33. The number of aryl methyl sites for hydroxylation is 1. The fourth-order valence-electron chi connectivity index (χ4n) is 2.15. The minimum absolute atomic E-state index is 0.0939. The first-order chi connectivity index (χ1) is 11.4. The molecular weight excluding hydrogens is 330 g/mol. The molecule has 0 radical (unpaired) electrons. The number of carbonyl (C=O) groups excluding carboxylic acids is 1. The van der Waals surface area contributed by atoms with Gasteiger partial charge in [-0.05, 0) is 24.8 Å². The molecule has 0 saturated heterocycles. The van der Waals surface area contributed by atoms with Crippen LogP contribution in [0.25, 0.3) is 10.2 Å². The third kappa shape index (κ3) is 4.41. The van der Waals surface area contributed by atoms with Crippen LogP contribution in [0, 0.1) is 12.8 Å². The molecule has 7 nitrogen and oxygen atoms in total. The second kappa shape index (κ2) is 8.05. The number of ether oxygens (including phenoxy) is 1. The number of aliphatic carboxylic acids is 1. The summed E-state index contributed by atoms with van der Waals surface area (Å²) in [6.45, 7) is 6.67. The van der Waals surface area contributed by atoms with Crippen LogP contribution in [0.3, 0.4) is 0 Å². The molecule has 2 aromatic rings. The Hall–Kier alpha value is -2.22. The highest BCUT2D eigenvalue weighted by Gasteiger charge is 2.20. The number of carbonyl (C=O) groups is 2. The van der Waals surface area contributed by atoms with Gasteiger partial charge in [0.15, 0.2) is 0 Å². The van der Waals surface area contributed by atoms with E-state index >= 15 is 0 Å². The Kier molecular flexibility index (Phi) is 6.08. The largest absolute Gasteiger partial charge is 0.481 e. The normalized spacial score (nSPS) is 11.0. The van der Waals surface area contributed by atoms with Gasteiger partial charge in [-0.1, -0.05) is 13.8 Å². The number of carboxylic acids is 1. The standard InChI is InChI=1S/C16H21N3O4S/c1-9(2)7-23-16(22)13-10(3)12-14(17-6-4-5-11(20)21)18-8-19-15(12)24-13/h8-9H,4-7H2,1-3H3,(H,20,21)(H,17,18,19). The fourth-order valence-corrected chi connectivity index (χ4v) is 3.20. The van der Waals surface area contributed by atoms with E-state index in [1.807, 2.05) is 20.8 Å². The van der Waals surface area contributed by atoms with Crippen molar-refractivity contribution in [3.63, 3.8) is 0 Å². The van der Waals surface area contributed by atoms with Gasteiger partial charge in [0.2, 0.25) is 0 Å². The Morgan fingerprint density at radius 1 is 1.38 bits per heavy atom. The molecule has 0 unspecified atom stereocenters. The number of thiophene rings is 1. The van der Waals surface area contributed by atoms with Gasteiger partial charge in [0.05, 0.1) is 12.0 Å². The summed E-state index contributed by atoms with van der Waals surface area (Å²) in [6, 6.07) is 0. The van der Waals surface area contributed by atoms with E-state index < -0.39 is 5.97 Å². The van der Waals surface area contributed by atoms with Crippen LogP contribution in [0.4, 0.5) is 5.82 Å². The molecule has 0 spiro atoms. The van der Waals surface area contributed by atoms with Crippen molar-refractivity contribution in [1.29, 1.82) is 0 Å². The van der Waals surface area contributed by atoms with E-state index in [-0.39, 0.29) is 18.3 Å². The van der Waals surface area contributed by atoms with Crippen molar-refractivity contribution in [1.82, 2.24) is 9.97 Å². The second-order valence-corrected chi connectivity index (χ2v) is 6.87. The number of esters is 1. The maximum absolute atomic E-state index is 12.2. The number of nitrogens with zero attached hydrogens (tertiary/aromatic N) is 2. The zero-order valence-electron chi connectivity index (χ0n) is 14.0. The quantitative estimate of drug-likeness (QED) is 0.556. The average Bonchev–Trinajstić information content (AvgIpc) is 2.87. The SMILES string of the molecule is Cc1c(C(=O)OCC(C)C)sc2ncnc(NCCCC(=O)O)c12. The second-order valence-electron chi connectivity index (χ2n) is 5.87. The molecule has 0 aliphatic carbocycles. The van der Waals surface area contributed by atoms with Gasteiger partial charge in [0, 0.05) is 13.0 Å². The first kappa shape index (κ1) is 18.1. The van der Waals surface area contributed by atoms with E-state index in [2.05, 4.69) is 15.3 Å². The van der Waals surface area contributed by atoms with Crippen LogP contribution in [-0.2, 0) is 9.53 Å². The molecule has 0 aliphatic rings. The van der Waals surface area contributed by atoms with Crippen LogP contribution in [0.15, 0.2) is 6.33 Å². The fraction of sp³-hybridized carbons (Fsp3) is 0.500. The third-order valence-electron chi connectivity index (χ3n) is 3.32. The van der Waals surface area contributed by atoms with Gasteiger partial charge in [0.25, 0.3) is 0 Å². The smallest absolute Gasteiger partial charge is 0.348 e. The summed E-state index contributed by atoms with van der Waals surface area (Å²) in [5.74, 6) is -0.288. The zero-order chi connectivity index (χ0) is 17.7. The number of fused-ring (bicyclic) bond motifs is 1. The first-order valence-corrected chi connectivity index (χ1v) is 8.58. The molecule has 2 heterocycles. The lowest BCUT2D eigenvalue weighted by Crippen LogP contribution is -2.10. The predicted octanol–water partition coefficient (Wildman–Crippen LogP) is 3.09. The molecular formula is C16H21N3O4S. The topological polar surface area (TPSA) is 101 Å². The van der Waals surface area contributed by atoms with Crippen LogP contribution >= 0.6 is 11.3 Å². The number of carboxylic acid groups (broad SMARTS) is 1. The predicted molar refractivity (Wildman–Crippen MR) is 92.6 cm³/mol. The summed E-state index contributed by atoms with van der Waals surface area (Å²) in [7, 11) is 0. The lowest BCUT2D eigenvalue weighted by molar-refractivity contribution is -0.137. The lowest BCUT2D eigenvalue weighted by atomic mass is 10.2. The highest BCUT2D eigenvalue weighted by molar-refractivity contribution is 7.20. The van der Waals surface area contributed by atoms with Gasteiger partial charge in [-0.3, -0.25) is 4.79 Å². The van der Waals surface area contributed by atoms with Crippen LogP contribution < -0.4 is 5.32 Å². The minimum atomic E-state index is -0.827. The molecule has 2 rings (SSSR count). The van der Waals surface area contributed by atoms with Crippen molar-refractivity contribution in [2.45, 2.75) is 33.6 Å². The van der Waals surface area contributed by atoms with E-state index in [0.29, 0.717) is 35.1 Å². The van der Waals surface area contributed by atoms with Crippen LogP contribution in [0.1, 0.15) is 41.9 Å². The van der Waals surface area contributed by atoms with E-state index in [1.165, 1.54) is 17.7 Å². The van der Waals surface area contributed by atoms with E-state index in [0.717, 1.165) is 10.9 Å². The van der Waals surface area contributed by atoms with Crippen molar-refractivity contribution in [3.8, 4) is 0 Å². The molecule has 8 heteroatoms. The number of rotatable bonds is 8. The summed E-state index contributed by atoms with van der Waals surface area (Å²) in [4.78, 5) is 32.5. The monoisotopic (exact) mass is 351 g/mol. The molecule has 0 aromatic carbocycles. The van der Waals surface area contributed by atoms with Crippen molar-refractivity contribution in [3.05, 3.63) is 16.8 Å². The van der Waals surface area contributed by atoms with Crippen molar-refractivity contribution < 1.29 is 19.4 Å². The van der Waals surface area contributed by atoms with Gasteiger partial charge in [-0.25, -0.2) is 14.8 Å². The summed E-state index contributed by atoms with van der Waals surface area (Å²) in [6.07, 6.45) is 2.02. The van der Waals surface area contributed by atoms with Crippen LogP contribution in [0.2, 0.25) is 0 Å². The zero-order valence-corrected chi connectivity index (χ0v) is 14.8. The third-order valence-corrected chi connectivity index (χ3v) is 4.50. The molecule has 0 bridgehead atoms. The van der Waals surface area contributed by atoms with E-state index in [1.54, 1.807) is 0 Å². The van der Waals surface area contributed by atoms with Gasteiger partial charge in [-0.15, -0.1) is 11.3 Å². The molecule has 0 atom stereocenters. The van der Waals surface area contributed by atoms with Gasteiger partial charge >= 0.3 is 11.9 Å². The van der Waals surface area contributed by atoms with Gasteiger partial charge in [0.1, 0.15) is 21.9 Å². The Bertz CT molecular complexity index is 742. The molecule has 0 fully saturated rings. The van der Waals surface area contributed by atoms with Crippen LogP contribution in [-0.4, -0.2) is 40.2 Å². The molecule has 24 heavy (non-hydrogen) atoms. The Morgan fingerprint density at radius 3 is 2.79 bits per heavy atom. The molecule has 2 aromatic heterocycles. The minimum Gasteiger partial charge on any atom is -0.481 e. The van der Waals surface area contributed by atoms with Crippen molar-refractivity contribution >= 4 is 39.3 Å². The number of aromatic nitrogens is 2. The highest BCUT2D eigenvalue weighted by atomic mass is 32.1. The summed E-state index contributed by atoms with van der Waals surface area (Å²) in [5.41, 5.74) is 0.782. The Balaban J connectivity index is 2.19. The van der Waals surface area contributed by atoms with E-state index in [4.69, 9.17) is 9.84 Å². The maximum atomic E-state index is 12.2. The van der Waals surface area contributed by atoms with Gasteiger partial charge in [-0.2, -0.15) is 0 Å². The van der Waals surface area contributed by atoms with Crippen molar-refractivity contribution in [2.24, 2.45) is 5.92 Å². The number of hydrogen-bond acceptors (Lipinski definition) is 7. The van der Waals surface area contributed by atoms with Crippen molar-refractivity contribution in [2.75, 3.05) is 18.5 Å². The number of hydrogen-bond donors (Lipinski definition) is 2. The molecule has 0 aliphatic heterocycles. The maximum Gasteiger partial charge on any atom is 0.348 e. The molecule has 0 amide bonds. The average molecular weight is 351 g/mol. The molecule has 2 N–H and O–H groups in total. The van der Waals surface area contributed by atoms with E-state index in [9.17, 15) is 9.59 Å².